The van der Waals surface area contributed by atoms with Crippen molar-refractivity contribution in [3.8, 4) is 0 Å². The van der Waals surface area contributed by atoms with Crippen LogP contribution in [-0.2, 0) is 0 Å². The van der Waals surface area contributed by atoms with E-state index in [1.807, 2.05) is 0 Å². The van der Waals surface area contributed by atoms with Crippen molar-refractivity contribution in [2.75, 3.05) is 0 Å². The molecule has 16 heavy (non-hydrogen) atoms. The Labute approximate surface area is 96.3 Å². The molecule has 2 rings (SSSR count). The maximum Gasteiger partial charge on any atom is 0.153 e. The highest BCUT2D eigenvalue weighted by Gasteiger charge is 2.15. The van der Waals surface area contributed by atoms with Crippen LogP contribution >= 0.6 is 0 Å². The molecule has 0 atom stereocenters. The molecule has 1 aromatic heterocycles. The van der Waals surface area contributed by atoms with E-state index < -0.39 is 0 Å². The molecule has 1 saturated carbocycles. The highest BCUT2D eigenvalue weighted by atomic mass is 16.1. The highest BCUT2D eigenvalue weighted by Crippen LogP contribution is 2.28. The van der Waals surface area contributed by atoms with E-state index in [-0.39, 0.29) is 0 Å². The molecule has 0 amide bonds. The van der Waals surface area contributed by atoms with Gasteiger partial charge >= 0.3 is 0 Å². The maximum atomic E-state index is 10.5. The summed E-state index contributed by atoms with van der Waals surface area (Å²) in [5.41, 5.74) is 0.564. The number of hydrogen-bond donors (Lipinski definition) is 0. The van der Waals surface area contributed by atoms with Crippen LogP contribution in [0.3, 0.4) is 0 Å². The lowest BCUT2D eigenvalue weighted by Crippen LogP contribution is -2.07. The van der Waals surface area contributed by atoms with Crippen molar-refractivity contribution < 1.29 is 4.79 Å². The van der Waals surface area contributed by atoms with E-state index in [1.165, 1.54) is 44.9 Å². The van der Waals surface area contributed by atoms with E-state index in [0.29, 0.717) is 11.5 Å². The summed E-state index contributed by atoms with van der Waals surface area (Å²) in [6, 6.07) is 0. The molecule has 3 heteroatoms. The van der Waals surface area contributed by atoms with Crippen LogP contribution in [0.2, 0.25) is 0 Å². The summed E-state index contributed by atoms with van der Waals surface area (Å²) in [4.78, 5) is 19.1. The van der Waals surface area contributed by atoms with Crippen LogP contribution in [-0.4, -0.2) is 16.3 Å². The van der Waals surface area contributed by atoms with E-state index in [9.17, 15) is 4.79 Å². The minimum atomic E-state index is 0.501. The molecule has 1 aromatic rings. The van der Waals surface area contributed by atoms with Gasteiger partial charge in [-0.15, -0.1) is 0 Å². The lowest BCUT2D eigenvalue weighted by molar-refractivity contribution is 0.112. The molecule has 1 aliphatic rings. The fourth-order valence-electron chi connectivity index (χ4n) is 2.33. The molecular formula is C13H18N2O. The third-order valence-corrected chi connectivity index (χ3v) is 3.30. The van der Waals surface area contributed by atoms with Crippen LogP contribution in [0.5, 0.6) is 0 Å². The number of aldehydes is 1. The van der Waals surface area contributed by atoms with Gasteiger partial charge in [0.05, 0.1) is 5.56 Å². The second kappa shape index (κ2) is 5.73. The molecule has 86 valence electrons. The molecule has 0 aromatic carbocycles. The van der Waals surface area contributed by atoms with Gasteiger partial charge in [0.1, 0.15) is 5.82 Å². The van der Waals surface area contributed by atoms with E-state index in [4.69, 9.17) is 0 Å². The molecule has 0 spiro atoms. The van der Waals surface area contributed by atoms with Crippen LogP contribution in [0, 0.1) is 0 Å². The van der Waals surface area contributed by atoms with Crippen molar-refractivity contribution in [3.05, 3.63) is 23.8 Å². The molecule has 0 N–H and O–H groups in total. The third-order valence-electron chi connectivity index (χ3n) is 3.30. The average molecular weight is 218 g/mol. The van der Waals surface area contributed by atoms with E-state index >= 15 is 0 Å². The van der Waals surface area contributed by atoms with Gasteiger partial charge in [0, 0.05) is 18.3 Å². The molecule has 0 saturated heterocycles. The zero-order valence-electron chi connectivity index (χ0n) is 9.56. The first-order valence-corrected chi connectivity index (χ1v) is 6.17. The Morgan fingerprint density at radius 1 is 1.00 bits per heavy atom. The van der Waals surface area contributed by atoms with Crippen molar-refractivity contribution in [1.29, 1.82) is 0 Å². The Bertz CT molecular complexity index is 326. The Balaban J connectivity index is 2.05. The minimum absolute atomic E-state index is 0.501. The van der Waals surface area contributed by atoms with E-state index in [2.05, 4.69) is 9.97 Å². The number of aromatic nitrogens is 2. The standard InChI is InChI=1S/C13H18N2O/c16-10-11-8-14-13(15-9-11)12-6-4-2-1-3-5-7-12/h8-10,12H,1-7H2. The fourth-order valence-corrected chi connectivity index (χ4v) is 2.33. The Kier molecular flexibility index (Phi) is 4.03. The second-order valence-corrected chi connectivity index (χ2v) is 4.53. The SMILES string of the molecule is O=Cc1cnc(C2CCCCCCC2)nc1. The van der Waals surface area contributed by atoms with E-state index in [0.717, 1.165) is 12.1 Å². The molecule has 0 unspecified atom stereocenters. The highest BCUT2D eigenvalue weighted by molar-refractivity contribution is 5.73. The predicted octanol–water partition coefficient (Wildman–Crippen LogP) is 3.12. The summed E-state index contributed by atoms with van der Waals surface area (Å²) >= 11 is 0. The summed E-state index contributed by atoms with van der Waals surface area (Å²) < 4.78 is 0. The van der Waals surface area contributed by atoms with Gasteiger partial charge < -0.3 is 0 Å². The number of nitrogens with zero attached hydrogens (tertiary/aromatic N) is 2. The van der Waals surface area contributed by atoms with Crippen molar-refractivity contribution in [2.45, 2.75) is 50.9 Å². The molecule has 0 aliphatic heterocycles. The monoisotopic (exact) mass is 218 g/mol. The fraction of sp³-hybridized carbons (Fsp3) is 0.615. The predicted molar refractivity (Wildman–Crippen MR) is 62.5 cm³/mol. The van der Waals surface area contributed by atoms with Gasteiger partial charge in [-0.2, -0.15) is 0 Å². The first-order valence-electron chi connectivity index (χ1n) is 6.17. The van der Waals surface area contributed by atoms with Gasteiger partial charge in [-0.05, 0) is 12.8 Å². The van der Waals surface area contributed by atoms with Gasteiger partial charge in [0.15, 0.2) is 6.29 Å². The van der Waals surface area contributed by atoms with Gasteiger partial charge in [0.25, 0.3) is 0 Å². The number of carbonyl (C=O) groups excluding carboxylic acids is 1. The van der Waals surface area contributed by atoms with Crippen LogP contribution < -0.4 is 0 Å². The Morgan fingerprint density at radius 2 is 1.56 bits per heavy atom. The summed E-state index contributed by atoms with van der Waals surface area (Å²) in [6.45, 7) is 0. The molecular weight excluding hydrogens is 200 g/mol. The van der Waals surface area contributed by atoms with Crippen LogP contribution in [0.4, 0.5) is 0 Å². The minimum Gasteiger partial charge on any atom is -0.298 e. The van der Waals surface area contributed by atoms with Crippen molar-refractivity contribution >= 4 is 6.29 Å². The van der Waals surface area contributed by atoms with Gasteiger partial charge in [-0.3, -0.25) is 4.79 Å². The van der Waals surface area contributed by atoms with Gasteiger partial charge in [-0.25, -0.2) is 9.97 Å². The topological polar surface area (TPSA) is 42.9 Å². The Hall–Kier alpha value is -1.25. The third kappa shape index (κ3) is 2.87. The molecule has 3 nitrogen and oxygen atoms in total. The van der Waals surface area contributed by atoms with E-state index in [1.54, 1.807) is 12.4 Å². The Morgan fingerprint density at radius 3 is 2.12 bits per heavy atom. The zero-order chi connectivity index (χ0) is 11.2. The molecule has 1 aliphatic carbocycles. The quantitative estimate of drug-likeness (QED) is 0.716. The van der Waals surface area contributed by atoms with Crippen molar-refractivity contribution in [1.82, 2.24) is 9.97 Å². The zero-order valence-corrected chi connectivity index (χ0v) is 9.56. The first-order chi connectivity index (χ1) is 7.90. The molecule has 1 fully saturated rings. The smallest absolute Gasteiger partial charge is 0.153 e. The average Bonchev–Trinajstić information content (AvgIpc) is 2.29. The van der Waals surface area contributed by atoms with Gasteiger partial charge in [0.2, 0.25) is 0 Å². The number of hydrogen-bond acceptors (Lipinski definition) is 3. The summed E-state index contributed by atoms with van der Waals surface area (Å²) in [5, 5.41) is 0. The largest absolute Gasteiger partial charge is 0.298 e. The lowest BCUT2D eigenvalue weighted by atomic mass is 9.90. The van der Waals surface area contributed by atoms with Gasteiger partial charge in [-0.1, -0.05) is 32.1 Å². The van der Waals surface area contributed by atoms with Crippen LogP contribution in [0.15, 0.2) is 12.4 Å². The van der Waals surface area contributed by atoms with Crippen molar-refractivity contribution in [2.24, 2.45) is 0 Å². The first kappa shape index (κ1) is 11.2. The van der Waals surface area contributed by atoms with Crippen LogP contribution in [0.25, 0.3) is 0 Å². The summed E-state index contributed by atoms with van der Waals surface area (Å²) in [7, 11) is 0. The molecule has 0 bridgehead atoms. The number of rotatable bonds is 2. The van der Waals surface area contributed by atoms with Crippen LogP contribution in [0.1, 0.15) is 67.0 Å². The lowest BCUT2D eigenvalue weighted by Gasteiger charge is -2.17. The second-order valence-electron chi connectivity index (χ2n) is 4.53. The normalized spacial score (nSPS) is 18.8. The summed E-state index contributed by atoms with van der Waals surface area (Å²) in [6.07, 6.45) is 13.1. The molecule has 0 radical (unpaired) electrons. The van der Waals surface area contributed by atoms with Crippen molar-refractivity contribution in [3.63, 3.8) is 0 Å². The number of carbonyl (C=O) groups is 1. The maximum absolute atomic E-state index is 10.5. The summed E-state index contributed by atoms with van der Waals surface area (Å²) in [5.74, 6) is 1.42. The molecule has 1 heterocycles.